The van der Waals surface area contributed by atoms with Crippen LogP contribution in [0.5, 0.6) is 5.75 Å². The van der Waals surface area contributed by atoms with Crippen LogP contribution >= 0.6 is 0 Å². The van der Waals surface area contributed by atoms with E-state index < -0.39 is 0 Å². The van der Waals surface area contributed by atoms with Crippen molar-refractivity contribution in [1.29, 1.82) is 0 Å². The highest BCUT2D eigenvalue weighted by Crippen LogP contribution is 2.35. The summed E-state index contributed by atoms with van der Waals surface area (Å²) in [7, 11) is 1.71. The number of methoxy groups -OCH3 is 1. The van der Waals surface area contributed by atoms with E-state index in [1.54, 1.807) is 7.11 Å². The zero-order chi connectivity index (χ0) is 22.7. The summed E-state index contributed by atoms with van der Waals surface area (Å²) in [5, 5.41) is 4.82. The first-order chi connectivity index (χ1) is 15.5. The lowest BCUT2D eigenvalue weighted by atomic mass is 10.1. The Balaban J connectivity index is 1.69. The maximum atomic E-state index is 5.38. The van der Waals surface area contributed by atoms with Crippen molar-refractivity contribution in [3.8, 4) is 17.0 Å². The summed E-state index contributed by atoms with van der Waals surface area (Å²) in [6, 6.07) is 24.8. The van der Waals surface area contributed by atoms with Crippen LogP contribution in [0.1, 0.15) is 36.1 Å². The number of hydrogen-bond acceptors (Lipinski definition) is 2. The van der Waals surface area contributed by atoms with Crippen molar-refractivity contribution in [2.45, 2.75) is 46.7 Å². The number of nitrogens with zero attached hydrogens (tertiary/aromatic N) is 1. The van der Waals surface area contributed by atoms with Gasteiger partial charge in [0.15, 0.2) is 0 Å². The second-order valence-electron chi connectivity index (χ2n) is 8.98. The fraction of sp³-hybridized carbons (Fsp3) is 0.310. The molecule has 3 nitrogen and oxygen atoms in total. The van der Waals surface area contributed by atoms with Crippen molar-refractivity contribution < 1.29 is 4.74 Å². The minimum absolute atomic E-state index is 0.527. The van der Waals surface area contributed by atoms with E-state index in [1.165, 1.54) is 44.4 Å². The van der Waals surface area contributed by atoms with Gasteiger partial charge in [-0.2, -0.15) is 0 Å². The van der Waals surface area contributed by atoms with E-state index in [0.717, 1.165) is 25.3 Å². The van der Waals surface area contributed by atoms with E-state index in [1.807, 2.05) is 12.1 Å². The zero-order valence-electron chi connectivity index (χ0n) is 19.9. The fourth-order valence-electron chi connectivity index (χ4n) is 4.42. The quantitative estimate of drug-likeness (QED) is 0.347. The molecule has 4 aromatic rings. The van der Waals surface area contributed by atoms with Gasteiger partial charge in [-0.05, 0) is 85.5 Å². The van der Waals surface area contributed by atoms with Gasteiger partial charge in [0.25, 0.3) is 0 Å². The highest BCUT2D eigenvalue weighted by Gasteiger charge is 2.16. The lowest BCUT2D eigenvalue weighted by molar-refractivity contribution is 0.415. The van der Waals surface area contributed by atoms with E-state index in [2.05, 4.69) is 92.2 Å². The topological polar surface area (TPSA) is 26.2 Å². The molecular formula is C29H34N2O. The van der Waals surface area contributed by atoms with Crippen LogP contribution in [-0.2, 0) is 13.0 Å². The van der Waals surface area contributed by atoms with Crippen LogP contribution in [-0.4, -0.2) is 24.3 Å². The molecule has 1 N–H and O–H groups in total. The molecule has 0 saturated heterocycles. The van der Waals surface area contributed by atoms with Crippen LogP contribution in [0.15, 0.2) is 66.7 Å². The molecular weight excluding hydrogens is 392 g/mol. The standard InChI is InChI=1S/C29H34N2O/c1-20(2)30-17-16-23-7-9-24(10-8-23)19-31-28-15-6-21(3)18-27(28)22(4)29(31)25-11-13-26(32-5)14-12-25/h6-15,18,20,30H,16-17,19H2,1-5H3. The predicted molar refractivity (Wildman–Crippen MR) is 136 cm³/mol. The van der Waals surface area contributed by atoms with Gasteiger partial charge in [0.1, 0.15) is 5.75 Å². The van der Waals surface area contributed by atoms with Crippen molar-refractivity contribution >= 4 is 10.9 Å². The van der Waals surface area contributed by atoms with Crippen molar-refractivity contribution in [2.75, 3.05) is 13.7 Å². The molecule has 0 aliphatic carbocycles. The SMILES string of the molecule is COc1ccc(-c2c(C)c3cc(C)ccc3n2Cc2ccc(CCNC(C)C)cc2)cc1. The summed E-state index contributed by atoms with van der Waals surface area (Å²) in [5.41, 5.74) is 9.08. The van der Waals surface area contributed by atoms with E-state index in [0.29, 0.717) is 6.04 Å². The van der Waals surface area contributed by atoms with Crippen LogP contribution in [0.3, 0.4) is 0 Å². The molecule has 0 radical (unpaired) electrons. The summed E-state index contributed by atoms with van der Waals surface area (Å²) >= 11 is 0. The lowest BCUT2D eigenvalue weighted by Gasteiger charge is -2.14. The molecule has 0 spiro atoms. The van der Waals surface area contributed by atoms with Gasteiger partial charge in [0.2, 0.25) is 0 Å². The molecule has 4 rings (SSSR count). The first-order valence-corrected chi connectivity index (χ1v) is 11.5. The number of aromatic nitrogens is 1. The first kappa shape index (κ1) is 22.2. The number of benzene rings is 3. The lowest BCUT2D eigenvalue weighted by Crippen LogP contribution is -2.24. The Morgan fingerprint density at radius 1 is 0.875 bits per heavy atom. The molecule has 0 aliphatic heterocycles. The van der Waals surface area contributed by atoms with Crippen LogP contribution in [0.4, 0.5) is 0 Å². The minimum Gasteiger partial charge on any atom is -0.497 e. The minimum atomic E-state index is 0.527. The Bertz CT molecular complexity index is 1180. The molecule has 0 atom stereocenters. The summed E-state index contributed by atoms with van der Waals surface area (Å²) in [5.74, 6) is 0.882. The highest BCUT2D eigenvalue weighted by molar-refractivity contribution is 5.92. The zero-order valence-corrected chi connectivity index (χ0v) is 19.9. The second kappa shape index (κ2) is 9.62. The molecule has 0 bridgehead atoms. The van der Waals surface area contributed by atoms with Crippen LogP contribution in [0.25, 0.3) is 22.2 Å². The van der Waals surface area contributed by atoms with Crippen molar-refractivity contribution in [2.24, 2.45) is 0 Å². The summed E-state index contributed by atoms with van der Waals surface area (Å²) in [6.07, 6.45) is 1.06. The average Bonchev–Trinajstić information content (AvgIpc) is 3.05. The predicted octanol–water partition coefficient (Wildman–Crippen LogP) is 6.52. The van der Waals surface area contributed by atoms with Gasteiger partial charge in [-0.1, -0.05) is 49.7 Å². The molecule has 166 valence electrons. The normalized spacial score (nSPS) is 11.4. The smallest absolute Gasteiger partial charge is 0.118 e. The third-order valence-electron chi connectivity index (χ3n) is 6.17. The Labute approximate surface area is 192 Å². The summed E-state index contributed by atoms with van der Waals surface area (Å²) < 4.78 is 7.84. The molecule has 32 heavy (non-hydrogen) atoms. The summed E-state index contributed by atoms with van der Waals surface area (Å²) in [4.78, 5) is 0. The molecule has 1 aromatic heterocycles. The molecule has 0 aliphatic rings. The molecule has 0 saturated carbocycles. The number of aryl methyl sites for hydroxylation is 2. The van der Waals surface area contributed by atoms with Gasteiger partial charge in [0.05, 0.1) is 12.8 Å². The van der Waals surface area contributed by atoms with Gasteiger partial charge in [0, 0.05) is 23.5 Å². The number of rotatable bonds is 8. The fourth-order valence-corrected chi connectivity index (χ4v) is 4.42. The second-order valence-corrected chi connectivity index (χ2v) is 8.98. The molecule has 0 unspecified atom stereocenters. The Morgan fingerprint density at radius 3 is 2.22 bits per heavy atom. The Hall–Kier alpha value is -3.04. The van der Waals surface area contributed by atoms with Crippen molar-refractivity contribution in [3.63, 3.8) is 0 Å². The molecule has 0 amide bonds. The van der Waals surface area contributed by atoms with Crippen LogP contribution < -0.4 is 10.1 Å². The number of nitrogens with one attached hydrogen (secondary N) is 1. The molecule has 0 fully saturated rings. The van der Waals surface area contributed by atoms with Crippen molar-refractivity contribution in [1.82, 2.24) is 9.88 Å². The summed E-state index contributed by atoms with van der Waals surface area (Å²) in [6.45, 7) is 10.6. The van der Waals surface area contributed by atoms with E-state index in [9.17, 15) is 0 Å². The van der Waals surface area contributed by atoms with Gasteiger partial charge < -0.3 is 14.6 Å². The highest BCUT2D eigenvalue weighted by atomic mass is 16.5. The monoisotopic (exact) mass is 426 g/mol. The van der Waals surface area contributed by atoms with E-state index in [-0.39, 0.29) is 0 Å². The van der Waals surface area contributed by atoms with Crippen molar-refractivity contribution in [3.05, 3.63) is 89.0 Å². The van der Waals surface area contributed by atoms with Crippen LogP contribution in [0.2, 0.25) is 0 Å². The van der Waals surface area contributed by atoms with Gasteiger partial charge in [-0.3, -0.25) is 0 Å². The van der Waals surface area contributed by atoms with E-state index >= 15 is 0 Å². The maximum Gasteiger partial charge on any atom is 0.118 e. The number of hydrogen-bond donors (Lipinski definition) is 1. The number of ether oxygens (including phenoxy) is 1. The van der Waals surface area contributed by atoms with Gasteiger partial charge in [-0.25, -0.2) is 0 Å². The maximum absolute atomic E-state index is 5.38. The average molecular weight is 427 g/mol. The molecule has 3 heteroatoms. The molecule has 1 heterocycles. The Morgan fingerprint density at radius 2 is 1.56 bits per heavy atom. The third kappa shape index (κ3) is 4.73. The van der Waals surface area contributed by atoms with E-state index in [4.69, 9.17) is 4.74 Å². The Kier molecular flexibility index (Phi) is 6.66. The van der Waals surface area contributed by atoms with Gasteiger partial charge >= 0.3 is 0 Å². The van der Waals surface area contributed by atoms with Gasteiger partial charge in [-0.15, -0.1) is 0 Å². The van der Waals surface area contributed by atoms with Crippen LogP contribution in [0, 0.1) is 13.8 Å². The first-order valence-electron chi connectivity index (χ1n) is 11.5. The number of fused-ring (bicyclic) bond motifs is 1. The molecule has 3 aromatic carbocycles. The largest absolute Gasteiger partial charge is 0.497 e. The third-order valence-corrected chi connectivity index (χ3v) is 6.17.